The number of amides is 2. The van der Waals surface area contributed by atoms with Gasteiger partial charge < -0.3 is 25.6 Å². The molecule has 0 fully saturated rings. The number of aliphatic hydroxyl groups is 2. The minimum Gasteiger partial charge on any atom is -0.465 e. The molecule has 48 heavy (non-hydrogen) atoms. The first kappa shape index (κ1) is 41.9. The zero-order valence-corrected chi connectivity index (χ0v) is 28.8. The summed E-state index contributed by atoms with van der Waals surface area (Å²) < 4.78 is 5.30. The number of carbonyl (C=O) groups excluding carboxylic acids is 3. The Morgan fingerprint density at radius 1 is 0.750 bits per heavy atom. The minimum atomic E-state index is -0.601. The topological polar surface area (TPSA) is 151 Å². The maximum atomic E-state index is 12.7. The summed E-state index contributed by atoms with van der Waals surface area (Å²) in [6.45, 7) is 3.62. The molecular weight excluding hydrogens is 608 g/mol. The van der Waals surface area contributed by atoms with Crippen molar-refractivity contribution in [2.24, 2.45) is 11.8 Å². The summed E-state index contributed by atoms with van der Waals surface area (Å²) in [5.74, 6) is -2.20. The Labute approximate surface area is 286 Å². The van der Waals surface area contributed by atoms with Crippen molar-refractivity contribution < 1.29 is 29.3 Å². The van der Waals surface area contributed by atoms with Gasteiger partial charge in [0.2, 0.25) is 5.91 Å². The zero-order valence-electron chi connectivity index (χ0n) is 28.8. The van der Waals surface area contributed by atoms with Gasteiger partial charge in [-0.1, -0.05) is 79.8 Å². The largest absolute Gasteiger partial charge is 0.465 e. The summed E-state index contributed by atoms with van der Waals surface area (Å²) in [4.78, 5) is 45.5. The lowest BCUT2D eigenvalue weighted by Gasteiger charge is -2.18. The maximum absolute atomic E-state index is 12.7. The van der Waals surface area contributed by atoms with Crippen LogP contribution >= 0.6 is 0 Å². The molecule has 1 unspecified atom stereocenters. The zero-order chi connectivity index (χ0) is 35.1. The number of nitrogens with one attached hydrogen (secondary N) is 2. The monoisotopic (exact) mass is 664 g/mol. The van der Waals surface area contributed by atoms with Crippen molar-refractivity contribution in [1.82, 2.24) is 20.6 Å². The molecule has 0 aliphatic rings. The molecule has 0 aliphatic heterocycles. The van der Waals surface area contributed by atoms with Crippen molar-refractivity contribution >= 4 is 17.8 Å². The molecule has 0 spiro atoms. The van der Waals surface area contributed by atoms with Gasteiger partial charge in [-0.3, -0.25) is 19.4 Å². The van der Waals surface area contributed by atoms with Crippen LogP contribution in [0, 0.1) is 18.8 Å². The van der Waals surface area contributed by atoms with E-state index in [1.807, 2.05) is 12.2 Å². The molecule has 1 rings (SSSR count). The Morgan fingerprint density at radius 3 is 1.77 bits per heavy atom. The molecule has 1 atom stereocenters. The van der Waals surface area contributed by atoms with Crippen LogP contribution in [0.25, 0.3) is 0 Å². The lowest BCUT2D eigenvalue weighted by Crippen LogP contribution is -2.33. The second-order valence-corrected chi connectivity index (χ2v) is 11.2. The highest BCUT2D eigenvalue weighted by molar-refractivity contribution is 5.91. The van der Waals surface area contributed by atoms with Crippen molar-refractivity contribution in [1.29, 1.82) is 0 Å². The van der Waals surface area contributed by atoms with Crippen LogP contribution in [-0.2, 0) is 14.3 Å². The molecule has 1 aromatic heterocycles. The predicted octanol–water partition coefficient (Wildman–Crippen LogP) is 5.65. The number of allylic oxidation sites excluding steroid dienone is 12. The van der Waals surface area contributed by atoms with E-state index in [-0.39, 0.29) is 50.9 Å². The molecule has 0 aliphatic carbocycles. The van der Waals surface area contributed by atoms with Gasteiger partial charge in [-0.15, -0.1) is 0 Å². The number of carbonyl (C=O) groups is 3. The Morgan fingerprint density at radius 2 is 1.27 bits per heavy atom. The average Bonchev–Trinajstić information content (AvgIpc) is 3.09. The van der Waals surface area contributed by atoms with Crippen LogP contribution in [0.2, 0.25) is 0 Å². The summed E-state index contributed by atoms with van der Waals surface area (Å²) in [6.07, 6.45) is 35.8. The van der Waals surface area contributed by atoms with Crippen molar-refractivity contribution in [2.45, 2.75) is 78.1 Å². The van der Waals surface area contributed by atoms with Crippen molar-refractivity contribution in [3.63, 3.8) is 0 Å². The second kappa shape index (κ2) is 29.0. The van der Waals surface area contributed by atoms with Crippen LogP contribution in [0.1, 0.15) is 87.3 Å². The fraction of sp³-hybridized carbons (Fsp3) is 0.500. The molecule has 4 N–H and O–H groups in total. The third kappa shape index (κ3) is 22.4. The molecule has 0 bridgehead atoms. The number of aryl methyl sites for hydroxylation is 1. The molecule has 1 heterocycles. The van der Waals surface area contributed by atoms with E-state index >= 15 is 0 Å². The molecule has 264 valence electrons. The maximum Gasteiger partial charge on any atom is 0.309 e. The predicted molar refractivity (Wildman–Crippen MR) is 191 cm³/mol. The van der Waals surface area contributed by atoms with Crippen LogP contribution in [0.15, 0.2) is 85.3 Å². The summed E-state index contributed by atoms with van der Waals surface area (Å²) in [6, 6.07) is 0. The van der Waals surface area contributed by atoms with Crippen LogP contribution in [-0.4, -0.2) is 70.9 Å². The summed E-state index contributed by atoms with van der Waals surface area (Å²) in [7, 11) is 0. The summed E-state index contributed by atoms with van der Waals surface area (Å²) in [5, 5.41) is 24.1. The average molecular weight is 665 g/mol. The van der Waals surface area contributed by atoms with Gasteiger partial charge in [0.05, 0.1) is 37.6 Å². The SMILES string of the molecule is CCC=CCC=CCC=CCC=CCC=CCC=CCCC(=O)NCCC(CCNC(=O)c1cnc(C)cn1)C(=O)OCC(CO)CO. The summed E-state index contributed by atoms with van der Waals surface area (Å²) >= 11 is 0. The van der Waals surface area contributed by atoms with E-state index in [4.69, 9.17) is 4.74 Å². The fourth-order valence-corrected chi connectivity index (χ4v) is 4.15. The number of nitrogens with zero attached hydrogens (tertiary/aromatic N) is 2. The Bertz CT molecular complexity index is 1200. The molecule has 2 amide bonds. The van der Waals surface area contributed by atoms with Crippen LogP contribution in [0.4, 0.5) is 0 Å². The molecule has 10 nitrogen and oxygen atoms in total. The smallest absolute Gasteiger partial charge is 0.309 e. The van der Waals surface area contributed by atoms with Gasteiger partial charge >= 0.3 is 5.97 Å². The van der Waals surface area contributed by atoms with Crippen molar-refractivity contribution in [3.05, 3.63) is 96.7 Å². The number of ether oxygens (including phenoxy) is 1. The number of esters is 1. The number of aliphatic hydroxyl groups excluding tert-OH is 2. The van der Waals surface area contributed by atoms with Crippen molar-refractivity contribution in [2.75, 3.05) is 32.9 Å². The number of rotatable bonds is 26. The third-order valence-corrected chi connectivity index (χ3v) is 7.05. The summed E-state index contributed by atoms with van der Waals surface area (Å²) in [5.41, 5.74) is 0.866. The van der Waals surface area contributed by atoms with Gasteiger partial charge in [0, 0.05) is 31.6 Å². The van der Waals surface area contributed by atoms with Crippen LogP contribution in [0.3, 0.4) is 0 Å². The van der Waals surface area contributed by atoms with Crippen LogP contribution < -0.4 is 10.6 Å². The second-order valence-electron chi connectivity index (χ2n) is 11.2. The molecule has 0 aromatic carbocycles. The van der Waals surface area contributed by atoms with Gasteiger partial charge in [-0.05, 0) is 64.7 Å². The van der Waals surface area contributed by atoms with E-state index in [2.05, 4.69) is 88.3 Å². The molecule has 0 radical (unpaired) electrons. The first-order chi connectivity index (χ1) is 23.4. The first-order valence-electron chi connectivity index (χ1n) is 17.0. The highest BCUT2D eigenvalue weighted by atomic mass is 16.5. The van der Waals surface area contributed by atoms with Gasteiger partial charge in [0.25, 0.3) is 5.91 Å². The molecule has 1 aromatic rings. The quantitative estimate of drug-likeness (QED) is 0.0733. The fourth-order valence-electron chi connectivity index (χ4n) is 4.15. The number of hydrogen-bond acceptors (Lipinski definition) is 8. The highest BCUT2D eigenvalue weighted by Gasteiger charge is 2.22. The van der Waals surface area contributed by atoms with Crippen molar-refractivity contribution in [3.8, 4) is 0 Å². The Balaban J connectivity index is 2.31. The van der Waals surface area contributed by atoms with E-state index in [0.717, 1.165) is 38.5 Å². The van der Waals surface area contributed by atoms with Gasteiger partial charge in [0.15, 0.2) is 0 Å². The van der Waals surface area contributed by atoms with E-state index in [9.17, 15) is 24.6 Å². The number of aromatic nitrogens is 2. The third-order valence-electron chi connectivity index (χ3n) is 7.05. The Kier molecular flexibility index (Phi) is 25.3. The number of hydrogen-bond donors (Lipinski definition) is 4. The molecule has 0 saturated carbocycles. The van der Waals surface area contributed by atoms with E-state index in [0.29, 0.717) is 25.0 Å². The minimum absolute atomic E-state index is 0.117. The highest BCUT2D eigenvalue weighted by Crippen LogP contribution is 2.12. The standard InChI is InChI=1S/C38H56N4O6/c1-3-4-5-6-7-8-9-10-11-12-13-14-15-16-17-18-19-20-21-22-36(45)39-25-23-34(38(47)48-31-33(29-43)30-44)24-26-40-37(46)35-28-41-32(2)27-42-35/h4-5,7-8,10-11,13-14,16-17,19-20,27-28,33-34,43-44H,3,6,9,12,15,18,21-26,29-31H2,1-2H3,(H,39,45)(H,40,46). The molecule has 10 heteroatoms. The van der Waals surface area contributed by atoms with Gasteiger partial charge in [-0.2, -0.15) is 0 Å². The van der Waals surface area contributed by atoms with Gasteiger partial charge in [-0.25, -0.2) is 4.98 Å². The van der Waals surface area contributed by atoms with E-state index in [1.165, 1.54) is 12.4 Å². The van der Waals surface area contributed by atoms with Gasteiger partial charge in [0.1, 0.15) is 5.69 Å². The lowest BCUT2D eigenvalue weighted by molar-refractivity contribution is -0.151. The molecule has 0 saturated heterocycles. The first-order valence-corrected chi connectivity index (χ1v) is 17.0. The lowest BCUT2D eigenvalue weighted by atomic mass is 10.0. The van der Waals surface area contributed by atoms with Crippen LogP contribution in [0.5, 0.6) is 0 Å². The Hall–Kier alpha value is -4.15. The molecular formula is C38H56N4O6. The van der Waals surface area contributed by atoms with E-state index < -0.39 is 23.7 Å². The normalized spacial score (nSPS) is 12.9. The van der Waals surface area contributed by atoms with E-state index in [1.54, 1.807) is 6.92 Å².